The van der Waals surface area contributed by atoms with Gasteiger partial charge in [-0.2, -0.15) is 0 Å². The number of benzene rings is 2. The number of ether oxygens (including phenoxy) is 1. The molecule has 2 heterocycles. The average molecular weight is 516 g/mol. The number of carbonyl (C=O) groups excluding carboxylic acids is 1. The summed E-state index contributed by atoms with van der Waals surface area (Å²) in [7, 11) is 0. The first-order chi connectivity index (χ1) is 16.1. The number of fused-ring (bicyclic) bond motifs is 1. The van der Waals surface area contributed by atoms with Crippen LogP contribution < -0.4 is 10.6 Å². The molecule has 34 heavy (non-hydrogen) atoms. The molecule has 0 fully saturated rings. The quantitative estimate of drug-likeness (QED) is 0.253. The molecule has 4 rings (SSSR count). The summed E-state index contributed by atoms with van der Waals surface area (Å²) in [5, 5.41) is 8.04. The number of para-hydroxylation sites is 1. The van der Waals surface area contributed by atoms with E-state index < -0.39 is 5.41 Å². The van der Waals surface area contributed by atoms with E-state index in [1.54, 1.807) is 18.2 Å². The molecular formula is C24H23Cl2N5O2S. The number of nitrogens with one attached hydrogen (secondary N) is 2. The Bertz CT molecular complexity index is 1320. The summed E-state index contributed by atoms with van der Waals surface area (Å²) in [5.41, 5.74) is 2.09. The highest BCUT2D eigenvalue weighted by molar-refractivity contribution is 7.21. The molecule has 0 unspecified atom stereocenters. The minimum atomic E-state index is -0.763. The highest BCUT2D eigenvalue weighted by Gasteiger charge is 2.32. The van der Waals surface area contributed by atoms with E-state index in [-0.39, 0.29) is 12.1 Å². The van der Waals surface area contributed by atoms with E-state index in [1.807, 2.05) is 52.0 Å². The van der Waals surface area contributed by atoms with Gasteiger partial charge in [-0.05, 0) is 57.5 Å². The van der Waals surface area contributed by atoms with Gasteiger partial charge in [-0.15, -0.1) is 0 Å². The number of carbonyl (C=O) groups is 1. The maximum Gasteiger partial charge on any atom is 0.316 e. The topological polar surface area (TPSA) is 89.0 Å². The van der Waals surface area contributed by atoms with E-state index in [4.69, 9.17) is 27.9 Å². The number of anilines is 4. The van der Waals surface area contributed by atoms with Crippen molar-refractivity contribution in [1.29, 1.82) is 0 Å². The van der Waals surface area contributed by atoms with Gasteiger partial charge in [-0.25, -0.2) is 15.0 Å². The van der Waals surface area contributed by atoms with Gasteiger partial charge in [0.25, 0.3) is 0 Å². The average Bonchev–Trinajstić information content (AvgIpc) is 3.20. The highest BCUT2D eigenvalue weighted by atomic mass is 35.5. The molecular weight excluding hydrogens is 493 g/mol. The molecule has 2 N–H and O–H groups in total. The third-order valence-electron chi connectivity index (χ3n) is 5.11. The number of rotatable bonds is 7. The van der Waals surface area contributed by atoms with Crippen LogP contribution in [0, 0.1) is 0 Å². The summed E-state index contributed by atoms with van der Waals surface area (Å²) in [4.78, 5) is 26.5. The standard InChI is InChI=1S/C24H23Cl2N5O2S/c1-13(2)33-22(32)24(3,4)14-8-10-15(11-9-14)29-20-19-21(28-12-27-20)34-23(31-19)30-18-16(25)6-5-7-17(18)26/h5-13H,1-4H3,(H,30,31)(H,27,28,29). The first-order valence-electron chi connectivity index (χ1n) is 10.6. The molecule has 10 heteroatoms. The maximum atomic E-state index is 12.5. The largest absolute Gasteiger partial charge is 0.462 e. The fourth-order valence-electron chi connectivity index (χ4n) is 3.21. The van der Waals surface area contributed by atoms with Crippen LogP contribution >= 0.6 is 34.5 Å². The van der Waals surface area contributed by atoms with E-state index >= 15 is 0 Å². The minimum Gasteiger partial charge on any atom is -0.462 e. The molecule has 0 aliphatic carbocycles. The van der Waals surface area contributed by atoms with Crippen LogP contribution in [-0.2, 0) is 14.9 Å². The van der Waals surface area contributed by atoms with E-state index in [2.05, 4.69) is 25.6 Å². The second kappa shape index (κ2) is 9.74. The van der Waals surface area contributed by atoms with Crippen molar-refractivity contribution < 1.29 is 9.53 Å². The first kappa shape index (κ1) is 24.2. The van der Waals surface area contributed by atoms with Gasteiger partial charge in [0.1, 0.15) is 11.8 Å². The highest BCUT2D eigenvalue weighted by Crippen LogP contribution is 2.36. The Morgan fingerprint density at radius 2 is 1.71 bits per heavy atom. The van der Waals surface area contributed by atoms with Crippen LogP contribution in [0.4, 0.5) is 22.3 Å². The molecule has 0 amide bonds. The number of aromatic nitrogens is 3. The van der Waals surface area contributed by atoms with Crippen molar-refractivity contribution in [2.24, 2.45) is 0 Å². The van der Waals surface area contributed by atoms with Crippen molar-refractivity contribution in [3.05, 3.63) is 64.4 Å². The molecule has 0 bridgehead atoms. The van der Waals surface area contributed by atoms with Crippen LogP contribution in [-0.4, -0.2) is 27.0 Å². The number of thiazole rings is 1. The Labute approximate surface area is 211 Å². The van der Waals surface area contributed by atoms with Gasteiger partial charge < -0.3 is 15.4 Å². The SMILES string of the molecule is CC(C)OC(=O)C(C)(C)c1ccc(Nc2ncnc3sc(Nc4c(Cl)cccc4Cl)nc23)cc1. The van der Waals surface area contributed by atoms with Crippen molar-refractivity contribution in [3.63, 3.8) is 0 Å². The predicted octanol–water partition coefficient (Wildman–Crippen LogP) is 7.11. The Hall–Kier alpha value is -2.94. The van der Waals surface area contributed by atoms with E-state index in [1.165, 1.54) is 17.7 Å². The van der Waals surface area contributed by atoms with Gasteiger partial charge in [0.05, 0.1) is 27.3 Å². The van der Waals surface area contributed by atoms with Gasteiger partial charge >= 0.3 is 5.97 Å². The lowest BCUT2D eigenvalue weighted by Gasteiger charge is -2.24. The van der Waals surface area contributed by atoms with Crippen molar-refractivity contribution in [2.45, 2.75) is 39.2 Å². The van der Waals surface area contributed by atoms with Gasteiger partial charge in [0.15, 0.2) is 15.8 Å². The lowest BCUT2D eigenvalue weighted by molar-refractivity contribution is -0.153. The van der Waals surface area contributed by atoms with Gasteiger partial charge in [0, 0.05) is 5.69 Å². The molecule has 2 aromatic heterocycles. The number of halogens is 2. The summed E-state index contributed by atoms with van der Waals surface area (Å²) in [6.45, 7) is 7.38. The Balaban J connectivity index is 1.56. The fourth-order valence-corrected chi connectivity index (χ4v) is 4.51. The molecule has 176 valence electrons. The first-order valence-corrected chi connectivity index (χ1v) is 12.1. The molecule has 2 aromatic carbocycles. The van der Waals surface area contributed by atoms with Crippen LogP contribution in [0.25, 0.3) is 10.3 Å². The third-order valence-corrected chi connectivity index (χ3v) is 6.62. The van der Waals surface area contributed by atoms with Crippen LogP contribution in [0.3, 0.4) is 0 Å². The maximum absolute atomic E-state index is 12.5. The summed E-state index contributed by atoms with van der Waals surface area (Å²) >= 11 is 13.9. The summed E-state index contributed by atoms with van der Waals surface area (Å²) < 4.78 is 5.40. The van der Waals surface area contributed by atoms with Crippen LogP contribution in [0.2, 0.25) is 10.0 Å². The zero-order valence-electron chi connectivity index (χ0n) is 19.0. The van der Waals surface area contributed by atoms with E-state index in [0.717, 1.165) is 11.3 Å². The van der Waals surface area contributed by atoms with E-state index in [9.17, 15) is 4.79 Å². The zero-order chi connectivity index (χ0) is 24.5. The fraction of sp³-hybridized carbons (Fsp3) is 0.250. The lowest BCUT2D eigenvalue weighted by Crippen LogP contribution is -2.32. The Kier molecular flexibility index (Phi) is 6.93. The minimum absolute atomic E-state index is 0.167. The molecule has 7 nitrogen and oxygen atoms in total. The molecule has 0 radical (unpaired) electrons. The van der Waals surface area contributed by atoms with Crippen LogP contribution in [0.5, 0.6) is 0 Å². The smallest absolute Gasteiger partial charge is 0.316 e. The Morgan fingerprint density at radius 1 is 1.03 bits per heavy atom. The van der Waals surface area contributed by atoms with Crippen molar-refractivity contribution in [2.75, 3.05) is 10.6 Å². The zero-order valence-corrected chi connectivity index (χ0v) is 21.3. The summed E-state index contributed by atoms with van der Waals surface area (Å²) in [6, 6.07) is 12.9. The molecule has 0 aliphatic heterocycles. The van der Waals surface area contributed by atoms with Crippen LogP contribution in [0.15, 0.2) is 48.8 Å². The predicted molar refractivity (Wildman–Crippen MR) is 139 cm³/mol. The molecule has 0 saturated heterocycles. The monoisotopic (exact) mass is 515 g/mol. The summed E-state index contributed by atoms with van der Waals surface area (Å²) in [6.07, 6.45) is 1.31. The Morgan fingerprint density at radius 3 is 2.35 bits per heavy atom. The van der Waals surface area contributed by atoms with Gasteiger partial charge in [-0.1, -0.05) is 52.7 Å². The number of esters is 1. The molecule has 4 aromatic rings. The summed E-state index contributed by atoms with van der Waals surface area (Å²) in [5.74, 6) is 0.299. The van der Waals surface area contributed by atoms with Gasteiger partial charge in [0.2, 0.25) is 0 Å². The molecule has 0 spiro atoms. The number of hydrogen-bond acceptors (Lipinski definition) is 8. The van der Waals surface area contributed by atoms with Crippen molar-refractivity contribution in [1.82, 2.24) is 15.0 Å². The van der Waals surface area contributed by atoms with Crippen molar-refractivity contribution in [3.8, 4) is 0 Å². The van der Waals surface area contributed by atoms with Gasteiger partial charge in [-0.3, -0.25) is 4.79 Å². The van der Waals surface area contributed by atoms with E-state index in [0.29, 0.717) is 37.0 Å². The van der Waals surface area contributed by atoms with Crippen LogP contribution in [0.1, 0.15) is 33.3 Å². The lowest BCUT2D eigenvalue weighted by atomic mass is 9.84. The normalized spacial score (nSPS) is 11.6. The van der Waals surface area contributed by atoms with Crippen molar-refractivity contribution >= 4 is 73.2 Å². The number of nitrogens with zero attached hydrogens (tertiary/aromatic N) is 3. The third kappa shape index (κ3) is 5.09. The second-order valence-electron chi connectivity index (χ2n) is 8.40. The number of hydrogen-bond donors (Lipinski definition) is 2. The molecule has 0 atom stereocenters. The molecule has 0 saturated carbocycles. The molecule has 0 aliphatic rings. The second-order valence-corrected chi connectivity index (χ2v) is 10.2.